The molecule has 3 unspecified atom stereocenters. The summed E-state index contributed by atoms with van der Waals surface area (Å²) in [4.78, 5) is 12.2. The van der Waals surface area contributed by atoms with Crippen molar-refractivity contribution in [3.8, 4) is 5.75 Å². The summed E-state index contributed by atoms with van der Waals surface area (Å²) in [6, 6.07) is 8.21. The third-order valence-corrected chi connectivity index (χ3v) is 5.54. The normalized spacial score (nSPS) is 30.0. The van der Waals surface area contributed by atoms with E-state index in [1.54, 1.807) is 7.11 Å². The minimum atomic E-state index is -0.0766. The molecular weight excluding hydrogens is 292 g/mol. The van der Waals surface area contributed by atoms with Crippen LogP contribution in [0.25, 0.3) is 0 Å². The maximum Gasteiger partial charge on any atom is 0.315 e. The van der Waals surface area contributed by atoms with Crippen LogP contribution in [0.4, 0.5) is 4.79 Å². The Hall–Kier alpha value is -1.75. The Balaban J connectivity index is 1.34. The highest BCUT2D eigenvalue weighted by Crippen LogP contribution is 2.50. The van der Waals surface area contributed by atoms with E-state index in [1.165, 1.54) is 5.56 Å². The van der Waals surface area contributed by atoms with Crippen molar-refractivity contribution < 1.29 is 14.3 Å². The average Bonchev–Trinajstić information content (AvgIpc) is 3.08. The molecule has 0 aromatic heterocycles. The average molecular weight is 316 g/mol. The van der Waals surface area contributed by atoms with E-state index in [1.807, 2.05) is 18.2 Å². The van der Waals surface area contributed by atoms with E-state index < -0.39 is 0 Å². The second-order valence-electron chi connectivity index (χ2n) is 7.02. The minimum Gasteiger partial charge on any atom is -0.496 e. The van der Waals surface area contributed by atoms with Gasteiger partial charge in [-0.2, -0.15) is 0 Å². The molecule has 124 valence electrons. The lowest BCUT2D eigenvalue weighted by Gasteiger charge is -2.23. The van der Waals surface area contributed by atoms with Gasteiger partial charge in [-0.05, 0) is 38.2 Å². The zero-order valence-electron chi connectivity index (χ0n) is 13.5. The van der Waals surface area contributed by atoms with Crippen LogP contribution in [0.1, 0.15) is 37.7 Å². The Labute approximate surface area is 136 Å². The first-order valence-corrected chi connectivity index (χ1v) is 8.53. The summed E-state index contributed by atoms with van der Waals surface area (Å²) in [7, 11) is 1.70. The molecule has 1 aliphatic carbocycles. The van der Waals surface area contributed by atoms with Gasteiger partial charge in [0.15, 0.2) is 0 Å². The third kappa shape index (κ3) is 2.78. The number of carbonyl (C=O) groups excluding carboxylic acids is 1. The summed E-state index contributed by atoms with van der Waals surface area (Å²) in [6.07, 6.45) is 5.91. The summed E-state index contributed by atoms with van der Waals surface area (Å²) in [5, 5.41) is 6.14. The molecule has 4 rings (SSSR count). The van der Waals surface area contributed by atoms with Crippen molar-refractivity contribution in [1.29, 1.82) is 0 Å². The van der Waals surface area contributed by atoms with Gasteiger partial charge in [0.05, 0.1) is 25.4 Å². The number of para-hydroxylation sites is 1. The van der Waals surface area contributed by atoms with E-state index >= 15 is 0 Å². The van der Waals surface area contributed by atoms with Crippen LogP contribution < -0.4 is 15.4 Å². The van der Waals surface area contributed by atoms with Crippen molar-refractivity contribution in [2.24, 2.45) is 0 Å². The molecule has 2 aliphatic heterocycles. The number of hydrogen-bond acceptors (Lipinski definition) is 3. The van der Waals surface area contributed by atoms with Crippen LogP contribution in [-0.2, 0) is 10.2 Å². The van der Waals surface area contributed by atoms with Gasteiger partial charge in [-0.3, -0.25) is 0 Å². The van der Waals surface area contributed by atoms with Gasteiger partial charge >= 0.3 is 6.03 Å². The number of benzene rings is 1. The molecular formula is C18H24N2O3. The van der Waals surface area contributed by atoms with E-state index in [0.29, 0.717) is 12.6 Å². The topological polar surface area (TPSA) is 59.6 Å². The molecule has 1 aromatic carbocycles. The van der Waals surface area contributed by atoms with Gasteiger partial charge in [-0.15, -0.1) is 0 Å². The lowest BCUT2D eigenvalue weighted by molar-refractivity contribution is 0.0981. The van der Waals surface area contributed by atoms with E-state index in [9.17, 15) is 4.79 Å². The van der Waals surface area contributed by atoms with Gasteiger partial charge in [-0.25, -0.2) is 4.79 Å². The second kappa shape index (κ2) is 5.71. The van der Waals surface area contributed by atoms with Gasteiger partial charge in [0.1, 0.15) is 5.75 Å². The van der Waals surface area contributed by atoms with Crippen molar-refractivity contribution in [3.63, 3.8) is 0 Å². The molecule has 2 N–H and O–H groups in total. The van der Waals surface area contributed by atoms with Crippen molar-refractivity contribution in [1.82, 2.24) is 10.6 Å². The summed E-state index contributed by atoms with van der Waals surface area (Å²) >= 11 is 0. The predicted molar refractivity (Wildman–Crippen MR) is 86.7 cm³/mol. The highest BCUT2D eigenvalue weighted by atomic mass is 16.5. The zero-order valence-corrected chi connectivity index (χ0v) is 13.5. The van der Waals surface area contributed by atoms with Crippen molar-refractivity contribution >= 4 is 6.03 Å². The summed E-state index contributed by atoms with van der Waals surface area (Å²) in [6.45, 7) is 0.654. The summed E-state index contributed by atoms with van der Waals surface area (Å²) in [5.74, 6) is 0.911. The molecule has 2 heterocycles. The molecule has 23 heavy (non-hydrogen) atoms. The number of methoxy groups -OCH3 is 1. The van der Waals surface area contributed by atoms with Gasteiger partial charge in [0.25, 0.3) is 0 Å². The van der Waals surface area contributed by atoms with Crippen molar-refractivity contribution in [3.05, 3.63) is 29.8 Å². The molecule has 5 nitrogen and oxygen atoms in total. The van der Waals surface area contributed by atoms with Crippen molar-refractivity contribution in [2.75, 3.05) is 13.7 Å². The van der Waals surface area contributed by atoms with Gasteiger partial charge in [0, 0.05) is 17.5 Å². The molecule has 2 bridgehead atoms. The quantitative estimate of drug-likeness (QED) is 0.876. The lowest BCUT2D eigenvalue weighted by atomic mass is 9.94. The molecule has 1 saturated carbocycles. The Morgan fingerprint density at radius 3 is 2.83 bits per heavy atom. The fraction of sp³-hybridized carbons (Fsp3) is 0.611. The molecule has 1 aromatic rings. The molecule has 3 atom stereocenters. The number of rotatable bonds is 5. The Morgan fingerprint density at radius 2 is 2.17 bits per heavy atom. The fourth-order valence-electron chi connectivity index (χ4n) is 4.03. The molecule has 0 spiro atoms. The Morgan fingerprint density at radius 1 is 1.35 bits per heavy atom. The first-order chi connectivity index (χ1) is 11.2. The van der Waals surface area contributed by atoms with Crippen molar-refractivity contribution in [2.45, 2.75) is 55.8 Å². The minimum absolute atomic E-state index is 0.0368. The second-order valence-corrected chi connectivity index (χ2v) is 7.02. The largest absolute Gasteiger partial charge is 0.496 e. The van der Waals surface area contributed by atoms with E-state index in [2.05, 4.69) is 16.7 Å². The number of carbonyl (C=O) groups is 1. The number of fused-ring (bicyclic) bond motifs is 2. The monoisotopic (exact) mass is 316 g/mol. The number of ether oxygens (including phenoxy) is 2. The number of amides is 2. The SMILES string of the molecule is COc1ccccc1C1(CNC(=O)NC2CC3CCC2O3)CC1. The maximum absolute atomic E-state index is 12.2. The number of urea groups is 1. The molecule has 3 fully saturated rings. The Bertz CT molecular complexity index is 600. The first-order valence-electron chi connectivity index (χ1n) is 8.53. The predicted octanol–water partition coefficient (Wildman–Crippen LogP) is 2.35. The highest BCUT2D eigenvalue weighted by Gasteiger charge is 2.46. The van der Waals surface area contributed by atoms with E-state index in [4.69, 9.17) is 9.47 Å². The molecule has 2 amide bonds. The third-order valence-electron chi connectivity index (χ3n) is 5.54. The first kappa shape index (κ1) is 14.8. The highest BCUT2D eigenvalue weighted by molar-refractivity contribution is 5.74. The van der Waals surface area contributed by atoms with Crippen LogP contribution >= 0.6 is 0 Å². The summed E-state index contributed by atoms with van der Waals surface area (Å²) in [5.41, 5.74) is 1.24. The van der Waals surface area contributed by atoms with E-state index in [0.717, 1.165) is 37.9 Å². The van der Waals surface area contributed by atoms with Crippen LogP contribution in [-0.4, -0.2) is 37.9 Å². The van der Waals surface area contributed by atoms with Crippen LogP contribution in [0, 0.1) is 0 Å². The van der Waals surface area contributed by atoms with Gasteiger partial charge in [0.2, 0.25) is 0 Å². The van der Waals surface area contributed by atoms with Gasteiger partial charge in [-0.1, -0.05) is 18.2 Å². The molecule has 2 saturated heterocycles. The van der Waals surface area contributed by atoms with Crippen LogP contribution in [0.2, 0.25) is 0 Å². The zero-order chi connectivity index (χ0) is 15.9. The smallest absolute Gasteiger partial charge is 0.315 e. The van der Waals surface area contributed by atoms with Crippen LogP contribution in [0.15, 0.2) is 24.3 Å². The standard InChI is InChI=1S/C18H24N2O3/c1-22-15-5-3-2-4-13(15)18(8-9-18)11-19-17(21)20-14-10-12-6-7-16(14)23-12/h2-5,12,14,16H,6-11H2,1H3,(H2,19,20,21). The number of hydrogen-bond donors (Lipinski definition) is 2. The molecule has 5 heteroatoms. The number of nitrogens with one attached hydrogen (secondary N) is 2. The molecule has 3 aliphatic rings. The molecule has 0 radical (unpaired) electrons. The maximum atomic E-state index is 12.2. The van der Waals surface area contributed by atoms with E-state index in [-0.39, 0.29) is 23.6 Å². The summed E-state index contributed by atoms with van der Waals surface area (Å²) < 4.78 is 11.3. The lowest BCUT2D eigenvalue weighted by Crippen LogP contribution is -2.48. The Kier molecular flexibility index (Phi) is 3.68. The van der Waals surface area contributed by atoms with Crippen LogP contribution in [0.5, 0.6) is 5.75 Å². The van der Waals surface area contributed by atoms with Gasteiger partial charge < -0.3 is 20.1 Å². The fourth-order valence-corrected chi connectivity index (χ4v) is 4.03. The van der Waals surface area contributed by atoms with Crippen LogP contribution in [0.3, 0.4) is 0 Å².